The molecule has 94 valence electrons. The lowest BCUT2D eigenvalue weighted by Gasteiger charge is -2.04. The van der Waals surface area contributed by atoms with E-state index in [-0.39, 0.29) is 5.91 Å². The molecule has 0 saturated heterocycles. The highest BCUT2D eigenvalue weighted by molar-refractivity contribution is 14.1. The summed E-state index contributed by atoms with van der Waals surface area (Å²) in [5.41, 5.74) is 1.79. The Morgan fingerprint density at radius 1 is 1.44 bits per heavy atom. The standard InChI is InChI=1S/C11H10IN3OS2/c1-6-3-4-7(8(12)5-6)9(16)13-10-14-15-11(17-2)18-10/h3-5H,1-2H3,(H,13,14,16). The lowest BCUT2D eigenvalue weighted by molar-refractivity contribution is 0.102. The maximum absolute atomic E-state index is 12.1. The largest absolute Gasteiger partial charge is 0.296 e. The smallest absolute Gasteiger partial charge is 0.258 e. The summed E-state index contributed by atoms with van der Waals surface area (Å²) in [6.07, 6.45) is 1.93. The Bertz CT molecular complexity index is 585. The summed E-state index contributed by atoms with van der Waals surface area (Å²) >= 11 is 5.04. The number of aryl methyl sites for hydroxylation is 1. The number of amides is 1. The van der Waals surface area contributed by atoms with E-state index in [1.165, 1.54) is 23.1 Å². The number of benzene rings is 1. The molecule has 2 rings (SSSR count). The molecule has 0 saturated carbocycles. The monoisotopic (exact) mass is 391 g/mol. The first-order chi connectivity index (χ1) is 8.60. The second-order valence-electron chi connectivity index (χ2n) is 3.51. The summed E-state index contributed by atoms with van der Waals surface area (Å²) in [6, 6.07) is 5.72. The van der Waals surface area contributed by atoms with Crippen LogP contribution in [-0.4, -0.2) is 22.4 Å². The van der Waals surface area contributed by atoms with Crippen molar-refractivity contribution in [1.82, 2.24) is 10.2 Å². The van der Waals surface area contributed by atoms with Crippen molar-refractivity contribution in [2.24, 2.45) is 0 Å². The fraction of sp³-hybridized carbons (Fsp3) is 0.182. The number of hydrogen-bond donors (Lipinski definition) is 1. The molecular formula is C11H10IN3OS2. The summed E-state index contributed by atoms with van der Waals surface area (Å²) in [4.78, 5) is 12.1. The van der Waals surface area contributed by atoms with Gasteiger partial charge in [-0.3, -0.25) is 10.1 Å². The zero-order chi connectivity index (χ0) is 13.1. The Balaban J connectivity index is 2.16. The molecule has 0 atom stereocenters. The predicted molar refractivity (Wildman–Crippen MR) is 83.5 cm³/mol. The maximum atomic E-state index is 12.1. The van der Waals surface area contributed by atoms with E-state index in [0.717, 1.165) is 13.5 Å². The van der Waals surface area contributed by atoms with Crippen molar-refractivity contribution < 1.29 is 4.79 Å². The molecule has 0 bridgehead atoms. The van der Waals surface area contributed by atoms with Crippen molar-refractivity contribution in [3.05, 3.63) is 32.9 Å². The van der Waals surface area contributed by atoms with E-state index in [4.69, 9.17) is 0 Å². The van der Waals surface area contributed by atoms with Gasteiger partial charge in [-0.2, -0.15) is 0 Å². The molecule has 0 aliphatic heterocycles. The van der Waals surface area contributed by atoms with Gasteiger partial charge < -0.3 is 0 Å². The minimum absolute atomic E-state index is 0.150. The highest BCUT2D eigenvalue weighted by Crippen LogP contribution is 2.24. The third-order valence-corrected chi connectivity index (χ3v) is 4.88. The topological polar surface area (TPSA) is 54.9 Å². The first-order valence-corrected chi connectivity index (χ1v) is 8.17. The third kappa shape index (κ3) is 3.21. The van der Waals surface area contributed by atoms with Crippen molar-refractivity contribution >= 4 is 56.7 Å². The van der Waals surface area contributed by atoms with Crippen LogP contribution in [0.25, 0.3) is 0 Å². The van der Waals surface area contributed by atoms with E-state index in [2.05, 4.69) is 38.1 Å². The Hall–Kier alpha value is -0.670. The molecule has 2 aromatic rings. The van der Waals surface area contributed by atoms with Crippen LogP contribution in [-0.2, 0) is 0 Å². The fourth-order valence-corrected chi connectivity index (χ4v) is 3.39. The summed E-state index contributed by atoms with van der Waals surface area (Å²) in [5.74, 6) is -0.150. The van der Waals surface area contributed by atoms with Gasteiger partial charge in [-0.05, 0) is 47.9 Å². The van der Waals surface area contributed by atoms with Gasteiger partial charge in [0.2, 0.25) is 5.13 Å². The van der Waals surface area contributed by atoms with Crippen LogP contribution in [0.15, 0.2) is 22.5 Å². The number of nitrogens with one attached hydrogen (secondary N) is 1. The molecule has 4 nitrogen and oxygen atoms in total. The molecule has 0 aliphatic carbocycles. The molecule has 18 heavy (non-hydrogen) atoms. The maximum Gasteiger partial charge on any atom is 0.258 e. The number of carbonyl (C=O) groups is 1. The number of thioether (sulfide) groups is 1. The number of nitrogens with zero attached hydrogens (tertiary/aromatic N) is 2. The van der Waals surface area contributed by atoms with E-state index >= 15 is 0 Å². The van der Waals surface area contributed by atoms with Gasteiger partial charge in [0.25, 0.3) is 5.91 Å². The molecule has 0 spiro atoms. The van der Waals surface area contributed by atoms with Crippen LogP contribution in [0.1, 0.15) is 15.9 Å². The number of halogens is 1. The van der Waals surface area contributed by atoms with Crippen LogP contribution in [0, 0.1) is 10.5 Å². The number of rotatable bonds is 3. The number of hydrogen-bond acceptors (Lipinski definition) is 5. The first kappa shape index (κ1) is 13.8. The second-order valence-corrected chi connectivity index (χ2v) is 6.71. The van der Waals surface area contributed by atoms with Crippen molar-refractivity contribution in [1.29, 1.82) is 0 Å². The molecular weight excluding hydrogens is 381 g/mol. The normalized spacial score (nSPS) is 10.4. The van der Waals surface area contributed by atoms with Crippen molar-refractivity contribution in [2.45, 2.75) is 11.3 Å². The summed E-state index contributed by atoms with van der Waals surface area (Å²) in [5, 5.41) is 11.1. The summed E-state index contributed by atoms with van der Waals surface area (Å²) in [7, 11) is 0. The van der Waals surface area contributed by atoms with Crippen LogP contribution in [0.5, 0.6) is 0 Å². The fourth-order valence-electron chi connectivity index (χ4n) is 1.31. The molecule has 1 heterocycles. The van der Waals surface area contributed by atoms with Gasteiger partial charge in [0.15, 0.2) is 4.34 Å². The van der Waals surface area contributed by atoms with Gasteiger partial charge in [-0.15, -0.1) is 10.2 Å². The molecule has 1 aromatic heterocycles. The van der Waals surface area contributed by atoms with Gasteiger partial charge in [0.1, 0.15) is 0 Å². The molecule has 1 N–H and O–H groups in total. The van der Waals surface area contributed by atoms with Crippen LogP contribution in [0.4, 0.5) is 5.13 Å². The van der Waals surface area contributed by atoms with Crippen LogP contribution >= 0.6 is 45.7 Å². The van der Waals surface area contributed by atoms with Crippen LogP contribution < -0.4 is 5.32 Å². The van der Waals surface area contributed by atoms with E-state index < -0.39 is 0 Å². The molecule has 0 fully saturated rings. The molecule has 0 unspecified atom stereocenters. The second kappa shape index (κ2) is 5.98. The van der Waals surface area contributed by atoms with Gasteiger partial charge >= 0.3 is 0 Å². The van der Waals surface area contributed by atoms with E-state index in [0.29, 0.717) is 10.7 Å². The van der Waals surface area contributed by atoms with Crippen LogP contribution in [0.3, 0.4) is 0 Å². The average molecular weight is 391 g/mol. The Morgan fingerprint density at radius 3 is 2.83 bits per heavy atom. The predicted octanol–water partition coefficient (Wildman–Crippen LogP) is 3.43. The van der Waals surface area contributed by atoms with Crippen molar-refractivity contribution in [3.63, 3.8) is 0 Å². The molecule has 1 amide bonds. The SMILES string of the molecule is CSc1nnc(NC(=O)c2ccc(C)cc2I)s1. The van der Waals surface area contributed by atoms with Gasteiger partial charge in [0, 0.05) is 3.57 Å². The molecule has 1 aromatic carbocycles. The van der Waals surface area contributed by atoms with Gasteiger partial charge in [-0.1, -0.05) is 34.7 Å². The number of carbonyl (C=O) groups excluding carboxylic acids is 1. The Kier molecular flexibility index (Phi) is 4.57. The van der Waals surface area contributed by atoms with Gasteiger partial charge in [0.05, 0.1) is 5.56 Å². The molecule has 0 radical (unpaired) electrons. The van der Waals surface area contributed by atoms with Crippen molar-refractivity contribution in [2.75, 3.05) is 11.6 Å². The summed E-state index contributed by atoms with van der Waals surface area (Å²) < 4.78 is 1.77. The van der Waals surface area contributed by atoms with Gasteiger partial charge in [-0.25, -0.2) is 0 Å². The highest BCUT2D eigenvalue weighted by atomic mass is 127. The quantitative estimate of drug-likeness (QED) is 0.495. The number of aromatic nitrogens is 2. The lowest BCUT2D eigenvalue weighted by atomic mass is 10.1. The van der Waals surface area contributed by atoms with Crippen LogP contribution in [0.2, 0.25) is 0 Å². The Morgan fingerprint density at radius 2 is 2.22 bits per heavy atom. The minimum atomic E-state index is -0.150. The zero-order valence-corrected chi connectivity index (χ0v) is 13.5. The van der Waals surface area contributed by atoms with E-state index in [1.54, 1.807) is 0 Å². The average Bonchev–Trinajstić information content (AvgIpc) is 2.76. The van der Waals surface area contributed by atoms with E-state index in [9.17, 15) is 4.79 Å². The number of anilines is 1. The van der Waals surface area contributed by atoms with E-state index in [1.807, 2.05) is 31.4 Å². The molecule has 7 heteroatoms. The highest BCUT2D eigenvalue weighted by Gasteiger charge is 2.12. The Labute approximate surface area is 127 Å². The first-order valence-electron chi connectivity index (χ1n) is 5.05. The summed E-state index contributed by atoms with van der Waals surface area (Å²) in [6.45, 7) is 2.00. The third-order valence-electron chi connectivity index (χ3n) is 2.17. The molecule has 0 aliphatic rings. The lowest BCUT2D eigenvalue weighted by Crippen LogP contribution is -2.13. The minimum Gasteiger partial charge on any atom is -0.296 e. The van der Waals surface area contributed by atoms with Crippen molar-refractivity contribution in [3.8, 4) is 0 Å². The zero-order valence-electron chi connectivity index (χ0n) is 9.73.